The Kier molecular flexibility index (Phi) is 4.78. The smallest absolute Gasteiger partial charge is 0.255 e. The second-order valence-corrected chi connectivity index (χ2v) is 5.91. The minimum Gasteiger partial charge on any atom is -0.395 e. The fourth-order valence-corrected chi connectivity index (χ4v) is 2.94. The van der Waals surface area contributed by atoms with Gasteiger partial charge in [-0.25, -0.2) is 4.98 Å². The van der Waals surface area contributed by atoms with Crippen molar-refractivity contribution in [2.24, 2.45) is 5.73 Å². The molecule has 25 heavy (non-hydrogen) atoms. The maximum atomic E-state index is 13.1. The predicted molar refractivity (Wildman–Crippen MR) is 93.6 cm³/mol. The molecular weight excluding hydrogens is 320 g/mol. The number of nitrogens with zero attached hydrogens (tertiary/aromatic N) is 2. The Labute approximate surface area is 145 Å². The van der Waals surface area contributed by atoms with E-state index in [1.165, 1.54) is 4.90 Å². The lowest BCUT2D eigenvalue weighted by atomic mass is 9.96. The van der Waals surface area contributed by atoms with E-state index >= 15 is 0 Å². The van der Waals surface area contributed by atoms with E-state index in [1.807, 2.05) is 24.3 Å². The number of nitrogens with one attached hydrogen (secondary N) is 1. The van der Waals surface area contributed by atoms with Crippen LogP contribution in [0.2, 0.25) is 0 Å². The summed E-state index contributed by atoms with van der Waals surface area (Å²) in [5.74, 6) is -0.310. The standard InChI is InChI=1S/C18H20N4O3/c1-11(19)17(24)21-15-13-6-3-2-5-12(13)14-7-4-8-20-16(14)22(9-10-23)18(15)25/h2-8,11,15,23H,9-10,19H2,1H3,(H,21,24)/t11?,15-/m0/s1. The summed E-state index contributed by atoms with van der Waals surface area (Å²) >= 11 is 0. The molecule has 0 radical (unpaired) electrons. The zero-order valence-electron chi connectivity index (χ0n) is 13.8. The molecule has 1 aromatic heterocycles. The molecule has 0 saturated heterocycles. The number of fused-ring (bicyclic) bond motifs is 3. The van der Waals surface area contributed by atoms with Crippen molar-refractivity contribution in [3.8, 4) is 11.1 Å². The first-order chi connectivity index (χ1) is 12.0. The largest absolute Gasteiger partial charge is 0.395 e. The summed E-state index contributed by atoms with van der Waals surface area (Å²) in [6.07, 6.45) is 1.60. The summed E-state index contributed by atoms with van der Waals surface area (Å²) < 4.78 is 0. The molecule has 0 bridgehead atoms. The van der Waals surface area contributed by atoms with E-state index in [1.54, 1.807) is 25.3 Å². The van der Waals surface area contributed by atoms with E-state index in [2.05, 4.69) is 10.3 Å². The molecule has 2 amide bonds. The number of amides is 2. The number of hydrogen-bond acceptors (Lipinski definition) is 5. The lowest BCUT2D eigenvalue weighted by Gasteiger charge is -2.25. The Bertz CT molecular complexity index is 806. The normalized spacial score (nSPS) is 17.3. The molecule has 0 fully saturated rings. The third-order valence-corrected chi connectivity index (χ3v) is 4.14. The maximum absolute atomic E-state index is 13.1. The fraction of sp³-hybridized carbons (Fsp3) is 0.278. The van der Waals surface area contributed by atoms with Crippen molar-refractivity contribution in [2.45, 2.75) is 19.0 Å². The van der Waals surface area contributed by atoms with Gasteiger partial charge in [-0.3, -0.25) is 14.5 Å². The first-order valence-corrected chi connectivity index (χ1v) is 8.07. The van der Waals surface area contributed by atoms with Crippen LogP contribution in [-0.4, -0.2) is 41.1 Å². The predicted octanol–water partition coefficient (Wildman–Crippen LogP) is 0.592. The van der Waals surface area contributed by atoms with E-state index in [-0.39, 0.29) is 19.1 Å². The van der Waals surface area contributed by atoms with E-state index in [4.69, 9.17) is 5.73 Å². The lowest BCUT2D eigenvalue weighted by molar-refractivity contribution is -0.128. The molecule has 3 rings (SSSR count). The van der Waals surface area contributed by atoms with Crippen LogP contribution in [0.15, 0.2) is 42.6 Å². The first-order valence-electron chi connectivity index (χ1n) is 8.07. The van der Waals surface area contributed by atoms with E-state index in [0.717, 1.165) is 11.1 Å². The Balaban J connectivity index is 2.18. The molecule has 0 saturated carbocycles. The van der Waals surface area contributed by atoms with Crippen molar-refractivity contribution in [1.29, 1.82) is 0 Å². The zero-order valence-corrected chi connectivity index (χ0v) is 13.8. The van der Waals surface area contributed by atoms with E-state index < -0.39 is 18.0 Å². The van der Waals surface area contributed by atoms with Crippen LogP contribution < -0.4 is 16.0 Å². The SMILES string of the molecule is CC(N)C(=O)N[C@@H]1C(=O)N(CCO)c2ncccc2-c2ccccc21. The average Bonchev–Trinajstić information content (AvgIpc) is 2.71. The minimum absolute atomic E-state index is 0.0847. The van der Waals surface area contributed by atoms with Crippen molar-refractivity contribution in [2.75, 3.05) is 18.1 Å². The summed E-state index contributed by atoms with van der Waals surface area (Å²) in [6.45, 7) is 1.43. The summed E-state index contributed by atoms with van der Waals surface area (Å²) in [7, 11) is 0. The quantitative estimate of drug-likeness (QED) is 0.755. The number of carbonyl (C=O) groups is 2. The number of aromatic nitrogens is 1. The molecule has 0 aliphatic carbocycles. The summed E-state index contributed by atoms with van der Waals surface area (Å²) in [4.78, 5) is 31.0. The number of β-amino-alcohol motifs (C(OH)–C–C–N with tert-alkyl or cyclic N) is 1. The van der Waals surface area contributed by atoms with Crippen LogP contribution >= 0.6 is 0 Å². The molecule has 7 nitrogen and oxygen atoms in total. The molecule has 1 aliphatic rings. The first kappa shape index (κ1) is 17.1. The molecule has 2 aromatic rings. The van der Waals surface area contributed by atoms with Crippen molar-refractivity contribution < 1.29 is 14.7 Å². The van der Waals surface area contributed by atoms with Crippen LogP contribution in [0, 0.1) is 0 Å². The number of aliphatic hydroxyl groups excluding tert-OH is 1. The number of pyridine rings is 1. The molecule has 2 atom stereocenters. The highest BCUT2D eigenvalue weighted by molar-refractivity contribution is 6.05. The Hall–Kier alpha value is -2.77. The van der Waals surface area contributed by atoms with Gasteiger partial charge in [-0.05, 0) is 30.2 Å². The topological polar surface area (TPSA) is 109 Å². The highest BCUT2D eigenvalue weighted by atomic mass is 16.3. The van der Waals surface area contributed by atoms with Gasteiger partial charge in [0.1, 0.15) is 11.9 Å². The number of nitrogens with two attached hydrogens (primary N) is 1. The fourth-order valence-electron chi connectivity index (χ4n) is 2.94. The summed E-state index contributed by atoms with van der Waals surface area (Å²) in [5.41, 5.74) is 7.91. The van der Waals surface area contributed by atoms with Gasteiger partial charge in [-0.2, -0.15) is 0 Å². The third kappa shape index (κ3) is 3.11. The van der Waals surface area contributed by atoms with Crippen LogP contribution in [0.3, 0.4) is 0 Å². The van der Waals surface area contributed by atoms with Crippen LogP contribution in [0.25, 0.3) is 11.1 Å². The zero-order chi connectivity index (χ0) is 18.0. The number of carbonyl (C=O) groups excluding carboxylic acids is 2. The van der Waals surface area contributed by atoms with E-state index in [9.17, 15) is 14.7 Å². The van der Waals surface area contributed by atoms with Crippen LogP contribution in [0.4, 0.5) is 5.82 Å². The van der Waals surface area contributed by atoms with Crippen LogP contribution in [-0.2, 0) is 9.59 Å². The molecule has 1 aromatic carbocycles. The van der Waals surface area contributed by atoms with Crippen molar-refractivity contribution in [3.05, 3.63) is 48.2 Å². The second-order valence-electron chi connectivity index (χ2n) is 5.91. The van der Waals surface area contributed by atoms with Gasteiger partial charge in [0.25, 0.3) is 5.91 Å². The molecule has 2 heterocycles. The van der Waals surface area contributed by atoms with Gasteiger partial charge in [0.05, 0.1) is 19.2 Å². The Morgan fingerprint density at radius 1 is 1.32 bits per heavy atom. The van der Waals surface area contributed by atoms with Crippen molar-refractivity contribution in [3.63, 3.8) is 0 Å². The molecule has 130 valence electrons. The van der Waals surface area contributed by atoms with Gasteiger partial charge >= 0.3 is 0 Å². The van der Waals surface area contributed by atoms with Gasteiger partial charge < -0.3 is 16.2 Å². The number of aliphatic hydroxyl groups is 1. The second kappa shape index (κ2) is 7.00. The van der Waals surface area contributed by atoms with Gasteiger partial charge in [-0.1, -0.05) is 24.3 Å². The molecule has 1 aliphatic heterocycles. The number of benzene rings is 1. The van der Waals surface area contributed by atoms with Crippen LogP contribution in [0.1, 0.15) is 18.5 Å². The van der Waals surface area contributed by atoms with Gasteiger partial charge in [-0.15, -0.1) is 0 Å². The Morgan fingerprint density at radius 2 is 2.04 bits per heavy atom. The highest BCUT2D eigenvalue weighted by Crippen LogP contribution is 2.38. The maximum Gasteiger partial charge on any atom is 0.255 e. The number of anilines is 1. The average molecular weight is 340 g/mol. The highest BCUT2D eigenvalue weighted by Gasteiger charge is 2.35. The third-order valence-electron chi connectivity index (χ3n) is 4.14. The van der Waals surface area contributed by atoms with Crippen molar-refractivity contribution in [1.82, 2.24) is 10.3 Å². The van der Waals surface area contributed by atoms with Gasteiger partial charge in [0, 0.05) is 11.8 Å². The number of hydrogen-bond donors (Lipinski definition) is 3. The van der Waals surface area contributed by atoms with E-state index in [0.29, 0.717) is 11.4 Å². The Morgan fingerprint density at radius 3 is 2.76 bits per heavy atom. The van der Waals surface area contributed by atoms with Crippen LogP contribution in [0.5, 0.6) is 0 Å². The van der Waals surface area contributed by atoms with Gasteiger partial charge in [0.15, 0.2) is 0 Å². The van der Waals surface area contributed by atoms with Crippen molar-refractivity contribution >= 4 is 17.6 Å². The molecule has 1 unspecified atom stereocenters. The molecule has 7 heteroatoms. The lowest BCUT2D eigenvalue weighted by Crippen LogP contribution is -2.47. The summed E-state index contributed by atoms with van der Waals surface area (Å²) in [5, 5.41) is 12.1. The molecular formula is C18H20N4O3. The minimum atomic E-state index is -0.893. The summed E-state index contributed by atoms with van der Waals surface area (Å²) in [6, 6.07) is 9.40. The molecule has 0 spiro atoms. The van der Waals surface area contributed by atoms with Gasteiger partial charge in [0.2, 0.25) is 5.91 Å². The molecule has 4 N–H and O–H groups in total. The monoisotopic (exact) mass is 340 g/mol. The number of rotatable bonds is 4.